The molecular weight excluding hydrogens is 645 g/mol. The highest BCUT2D eigenvalue weighted by atomic mass is 16.5. The maximum atomic E-state index is 12.3. The van der Waals surface area contributed by atoms with Crippen LogP contribution >= 0.6 is 0 Å². The molecule has 0 aromatic carbocycles. The highest BCUT2D eigenvalue weighted by molar-refractivity contribution is 5.69. The smallest absolute Gasteiger partial charge is 0.305 e. The molecule has 1 aliphatic rings. The van der Waals surface area contributed by atoms with Gasteiger partial charge in [0.2, 0.25) is 0 Å². The Morgan fingerprint density at radius 3 is 1.27 bits per heavy atom. The van der Waals surface area contributed by atoms with Gasteiger partial charge in [0.05, 0.1) is 0 Å². The Kier molecular flexibility index (Phi) is 32.6. The average molecular weight is 731 g/mol. The first-order valence-corrected chi connectivity index (χ1v) is 22.5. The number of ether oxygens (including phenoxy) is 2. The van der Waals surface area contributed by atoms with Crippen LogP contribution in [-0.4, -0.2) is 73.2 Å². The summed E-state index contributed by atoms with van der Waals surface area (Å²) < 4.78 is 11.2. The van der Waals surface area contributed by atoms with Crippen LogP contribution in [0.1, 0.15) is 207 Å². The van der Waals surface area contributed by atoms with E-state index in [1.165, 1.54) is 141 Å². The Balaban J connectivity index is 1.96. The summed E-state index contributed by atoms with van der Waals surface area (Å²) >= 11 is 0. The predicted octanol–water partition coefficient (Wildman–Crippen LogP) is 12.5. The Morgan fingerprint density at radius 2 is 0.865 bits per heavy atom. The molecule has 304 valence electrons. The lowest BCUT2D eigenvalue weighted by Crippen LogP contribution is -2.60. The Bertz CT molecular complexity index is 886. The van der Waals surface area contributed by atoms with E-state index in [1.807, 2.05) is 0 Å². The topological polar surface area (TPSA) is 59.1 Å². The van der Waals surface area contributed by atoms with Crippen LogP contribution in [0.15, 0.2) is 24.3 Å². The molecule has 1 aliphatic heterocycles. The summed E-state index contributed by atoms with van der Waals surface area (Å²) in [7, 11) is 0. The van der Waals surface area contributed by atoms with Gasteiger partial charge in [0.25, 0.3) is 0 Å². The van der Waals surface area contributed by atoms with Crippen molar-refractivity contribution >= 4 is 11.9 Å². The van der Waals surface area contributed by atoms with E-state index in [2.05, 4.69) is 61.8 Å². The van der Waals surface area contributed by atoms with E-state index in [-0.39, 0.29) is 17.5 Å². The number of carbonyl (C=O) groups excluding carboxylic acids is 2. The van der Waals surface area contributed by atoms with E-state index in [0.29, 0.717) is 26.1 Å². The van der Waals surface area contributed by atoms with E-state index in [4.69, 9.17) is 9.47 Å². The maximum Gasteiger partial charge on any atom is 0.305 e. The normalized spacial score (nSPS) is 15.2. The van der Waals surface area contributed by atoms with E-state index in [0.717, 1.165) is 58.4 Å². The van der Waals surface area contributed by atoms with Crippen molar-refractivity contribution in [1.82, 2.24) is 9.80 Å². The third-order valence-corrected chi connectivity index (χ3v) is 10.7. The Morgan fingerprint density at radius 1 is 0.500 bits per heavy atom. The largest absolute Gasteiger partial charge is 0.464 e. The molecule has 0 bridgehead atoms. The minimum atomic E-state index is -0.0577. The van der Waals surface area contributed by atoms with Gasteiger partial charge in [-0.1, -0.05) is 141 Å². The summed E-state index contributed by atoms with van der Waals surface area (Å²) in [5.74, 6) is -0.114. The van der Waals surface area contributed by atoms with Crippen molar-refractivity contribution < 1.29 is 19.1 Å². The predicted molar refractivity (Wildman–Crippen MR) is 223 cm³/mol. The van der Waals surface area contributed by atoms with Gasteiger partial charge >= 0.3 is 11.9 Å². The number of esters is 2. The standard InChI is InChI=1S/C46H86N2O4/c1-5-7-9-11-13-15-17-19-21-23-25-27-29-31-33-35-44(49)51-41-39-47-37-38-48(46(3,4)43-47)40-42-52-45(50)36-34-32-30-28-26-24-22-20-18-16-14-12-10-8-6-2/h19-22H,5-18,23-43H2,1-4H3/b21-19-,22-20-. The van der Waals surface area contributed by atoms with Crippen molar-refractivity contribution in [3.05, 3.63) is 24.3 Å². The van der Waals surface area contributed by atoms with Crippen LogP contribution in [0.3, 0.4) is 0 Å². The molecule has 1 saturated heterocycles. The first-order chi connectivity index (χ1) is 25.4. The molecule has 1 fully saturated rings. The van der Waals surface area contributed by atoms with Crippen LogP contribution in [0, 0.1) is 0 Å². The highest BCUT2D eigenvalue weighted by Crippen LogP contribution is 2.21. The number of nitrogens with zero attached hydrogens (tertiary/aromatic N) is 2. The number of allylic oxidation sites excluding steroid dienone is 4. The number of hydrogen-bond acceptors (Lipinski definition) is 6. The molecule has 0 spiro atoms. The van der Waals surface area contributed by atoms with Gasteiger partial charge in [0, 0.05) is 51.1 Å². The molecule has 0 aliphatic carbocycles. The fourth-order valence-corrected chi connectivity index (χ4v) is 7.28. The minimum Gasteiger partial charge on any atom is -0.464 e. The molecular formula is C46H86N2O4. The van der Waals surface area contributed by atoms with Crippen LogP contribution in [0.2, 0.25) is 0 Å². The molecule has 0 unspecified atom stereocenters. The second-order valence-corrected chi connectivity index (χ2v) is 16.2. The fraction of sp³-hybridized carbons (Fsp3) is 0.870. The first-order valence-electron chi connectivity index (χ1n) is 22.5. The molecule has 0 atom stereocenters. The third kappa shape index (κ3) is 29.8. The van der Waals surface area contributed by atoms with Crippen LogP contribution in [0.5, 0.6) is 0 Å². The zero-order valence-electron chi connectivity index (χ0n) is 35.1. The fourth-order valence-electron chi connectivity index (χ4n) is 7.28. The van der Waals surface area contributed by atoms with Crippen molar-refractivity contribution in [3.8, 4) is 0 Å². The molecule has 0 saturated carbocycles. The lowest BCUT2D eigenvalue weighted by molar-refractivity contribution is -0.146. The second-order valence-electron chi connectivity index (χ2n) is 16.2. The number of unbranched alkanes of at least 4 members (excludes halogenated alkanes) is 22. The maximum absolute atomic E-state index is 12.3. The van der Waals surface area contributed by atoms with E-state index < -0.39 is 0 Å². The molecule has 6 nitrogen and oxygen atoms in total. The van der Waals surface area contributed by atoms with Crippen LogP contribution < -0.4 is 0 Å². The van der Waals surface area contributed by atoms with E-state index >= 15 is 0 Å². The second kappa shape index (κ2) is 35.1. The van der Waals surface area contributed by atoms with Gasteiger partial charge < -0.3 is 9.47 Å². The lowest BCUT2D eigenvalue weighted by Gasteiger charge is -2.47. The summed E-state index contributed by atoms with van der Waals surface area (Å²) in [6.45, 7) is 14.3. The van der Waals surface area contributed by atoms with Crippen molar-refractivity contribution in [1.29, 1.82) is 0 Å². The molecule has 1 rings (SSSR count). The minimum absolute atomic E-state index is 0.0121. The van der Waals surface area contributed by atoms with Gasteiger partial charge in [-0.2, -0.15) is 0 Å². The Labute approximate surface area is 323 Å². The van der Waals surface area contributed by atoms with Crippen molar-refractivity contribution in [2.45, 2.75) is 213 Å². The zero-order chi connectivity index (χ0) is 37.8. The molecule has 52 heavy (non-hydrogen) atoms. The number of piperazine rings is 1. The quantitative estimate of drug-likeness (QED) is 0.0363. The van der Waals surface area contributed by atoms with Crippen LogP contribution in [-0.2, 0) is 19.1 Å². The summed E-state index contributed by atoms with van der Waals surface area (Å²) in [6, 6.07) is 0. The summed E-state index contributed by atoms with van der Waals surface area (Å²) in [6.07, 6.45) is 43.3. The molecule has 0 aromatic heterocycles. The number of hydrogen-bond donors (Lipinski definition) is 0. The number of carbonyl (C=O) groups is 2. The molecule has 0 radical (unpaired) electrons. The summed E-state index contributed by atoms with van der Waals surface area (Å²) in [4.78, 5) is 29.4. The van der Waals surface area contributed by atoms with Gasteiger partial charge in [-0.3, -0.25) is 19.4 Å². The lowest BCUT2D eigenvalue weighted by atomic mass is 9.99. The van der Waals surface area contributed by atoms with Crippen LogP contribution in [0.25, 0.3) is 0 Å². The zero-order valence-corrected chi connectivity index (χ0v) is 35.1. The molecule has 6 heteroatoms. The summed E-state index contributed by atoms with van der Waals surface area (Å²) in [5.41, 5.74) is -0.0121. The van der Waals surface area contributed by atoms with Gasteiger partial charge in [-0.05, 0) is 78.1 Å². The van der Waals surface area contributed by atoms with E-state index in [1.54, 1.807) is 0 Å². The van der Waals surface area contributed by atoms with Gasteiger partial charge in [0.1, 0.15) is 13.2 Å². The monoisotopic (exact) mass is 731 g/mol. The number of rotatable bonds is 36. The molecule has 0 N–H and O–H groups in total. The average Bonchev–Trinajstić information content (AvgIpc) is 3.12. The van der Waals surface area contributed by atoms with Crippen LogP contribution in [0.4, 0.5) is 0 Å². The first kappa shape index (κ1) is 48.4. The van der Waals surface area contributed by atoms with Crippen molar-refractivity contribution in [2.75, 3.05) is 45.9 Å². The van der Waals surface area contributed by atoms with Crippen molar-refractivity contribution in [2.24, 2.45) is 0 Å². The summed E-state index contributed by atoms with van der Waals surface area (Å²) in [5, 5.41) is 0. The SMILES string of the molecule is CCCCCCCC/C=C\CCCCCCCC(=O)OCCN1CCN(CCOC(=O)CCCCCCC/C=C\CCCCCCCC)C(C)(C)C1. The van der Waals surface area contributed by atoms with Gasteiger partial charge in [-0.25, -0.2) is 0 Å². The Hall–Kier alpha value is -1.66. The van der Waals surface area contributed by atoms with Gasteiger partial charge in [-0.15, -0.1) is 0 Å². The third-order valence-electron chi connectivity index (χ3n) is 10.7. The highest BCUT2D eigenvalue weighted by Gasteiger charge is 2.33. The molecule has 1 heterocycles. The van der Waals surface area contributed by atoms with E-state index in [9.17, 15) is 9.59 Å². The molecule has 0 amide bonds. The van der Waals surface area contributed by atoms with Gasteiger partial charge in [0.15, 0.2) is 0 Å². The van der Waals surface area contributed by atoms with Crippen molar-refractivity contribution in [3.63, 3.8) is 0 Å². The molecule has 0 aromatic rings.